The summed E-state index contributed by atoms with van der Waals surface area (Å²) in [5.41, 5.74) is 6.00. The van der Waals surface area contributed by atoms with E-state index in [1.54, 1.807) is 0 Å². The molecule has 2 rings (SSSR count). The summed E-state index contributed by atoms with van der Waals surface area (Å²) in [6.07, 6.45) is 3.73. The first-order chi connectivity index (χ1) is 9.69. The number of benzene rings is 1. The van der Waals surface area contributed by atoms with Crippen molar-refractivity contribution in [2.45, 2.75) is 19.8 Å². The largest absolute Gasteiger partial charge is 0.253 e. The summed E-state index contributed by atoms with van der Waals surface area (Å²) < 4.78 is 0. The molecule has 1 heterocycles. The molecule has 0 aliphatic heterocycles. The van der Waals surface area contributed by atoms with E-state index in [0.29, 0.717) is 0 Å². The van der Waals surface area contributed by atoms with Crippen LogP contribution in [0.4, 0.5) is 5.13 Å². The lowest BCUT2D eigenvalue weighted by atomic mass is 10.2. The van der Waals surface area contributed by atoms with E-state index in [2.05, 4.69) is 22.1 Å². The number of thiazole rings is 1. The van der Waals surface area contributed by atoms with E-state index in [-0.39, 0.29) is 0 Å². The summed E-state index contributed by atoms with van der Waals surface area (Å²) in [6.45, 7) is 5.69. The molecule has 0 spiro atoms. The van der Waals surface area contributed by atoms with Gasteiger partial charge in [-0.2, -0.15) is 5.10 Å². The first-order valence-corrected chi connectivity index (χ1v) is 7.56. The highest BCUT2D eigenvalue weighted by Crippen LogP contribution is 2.25. The van der Waals surface area contributed by atoms with Crippen molar-refractivity contribution in [2.24, 2.45) is 5.10 Å². The zero-order valence-corrected chi connectivity index (χ0v) is 12.8. The minimum Gasteiger partial charge on any atom is -0.253 e. The summed E-state index contributed by atoms with van der Waals surface area (Å²) in [4.78, 5) is 4.50. The number of hydrogen-bond donors (Lipinski definition) is 1. The number of nitrogens with zero attached hydrogens (tertiary/aromatic N) is 2. The van der Waals surface area contributed by atoms with Crippen molar-refractivity contribution < 1.29 is 0 Å². The Hall–Kier alpha value is -1.65. The molecule has 0 radical (unpaired) electrons. The first kappa shape index (κ1) is 14.8. The molecule has 104 valence electrons. The summed E-state index contributed by atoms with van der Waals surface area (Å²) in [6, 6.07) is 7.64. The van der Waals surface area contributed by atoms with Gasteiger partial charge in [0.05, 0.1) is 5.69 Å². The van der Waals surface area contributed by atoms with Crippen LogP contribution < -0.4 is 5.43 Å². The highest BCUT2D eigenvalue weighted by molar-refractivity contribution is 7.14. The van der Waals surface area contributed by atoms with Crippen LogP contribution in [0.5, 0.6) is 0 Å². The molecule has 3 nitrogen and oxygen atoms in total. The smallest absolute Gasteiger partial charge is 0.203 e. The molecular formula is C15H16ClN3S. The van der Waals surface area contributed by atoms with Gasteiger partial charge in [-0.3, -0.25) is 5.43 Å². The zero-order chi connectivity index (χ0) is 14.4. The van der Waals surface area contributed by atoms with E-state index in [1.165, 1.54) is 11.3 Å². The van der Waals surface area contributed by atoms with Crippen molar-refractivity contribution in [1.82, 2.24) is 4.98 Å². The fourth-order valence-electron chi connectivity index (χ4n) is 1.59. The van der Waals surface area contributed by atoms with Gasteiger partial charge >= 0.3 is 0 Å². The topological polar surface area (TPSA) is 37.3 Å². The Kier molecular flexibility index (Phi) is 5.32. The van der Waals surface area contributed by atoms with Crippen LogP contribution in [0.1, 0.15) is 19.8 Å². The average Bonchev–Trinajstić information content (AvgIpc) is 2.92. The number of allylic oxidation sites excluding steroid dienone is 1. The second kappa shape index (κ2) is 7.22. The fourth-order valence-corrected chi connectivity index (χ4v) is 2.38. The van der Waals surface area contributed by atoms with Gasteiger partial charge in [0.1, 0.15) is 0 Å². The van der Waals surface area contributed by atoms with Gasteiger partial charge in [0.15, 0.2) is 0 Å². The molecule has 0 bridgehead atoms. The third kappa shape index (κ3) is 4.18. The molecule has 0 fully saturated rings. The number of nitrogens with one attached hydrogen (secondary N) is 1. The van der Waals surface area contributed by atoms with Gasteiger partial charge < -0.3 is 0 Å². The predicted molar refractivity (Wildman–Crippen MR) is 88.7 cm³/mol. The fraction of sp³-hybridized carbons (Fsp3) is 0.200. The minimum absolute atomic E-state index is 0.727. The SMILES string of the molecule is C=CCC/C(C)=N/Nc1nc(-c2ccc(Cl)cc2)cs1. The van der Waals surface area contributed by atoms with Crippen molar-refractivity contribution >= 4 is 33.8 Å². The van der Waals surface area contributed by atoms with E-state index in [9.17, 15) is 0 Å². The van der Waals surface area contributed by atoms with Gasteiger partial charge in [0.25, 0.3) is 0 Å². The normalized spacial score (nSPS) is 11.4. The molecule has 20 heavy (non-hydrogen) atoms. The lowest BCUT2D eigenvalue weighted by Crippen LogP contribution is -1.96. The van der Waals surface area contributed by atoms with Crippen LogP contribution in [0.2, 0.25) is 5.02 Å². The van der Waals surface area contributed by atoms with Crippen LogP contribution in [-0.4, -0.2) is 10.7 Å². The summed E-state index contributed by atoms with van der Waals surface area (Å²) >= 11 is 7.41. The van der Waals surface area contributed by atoms with Crippen LogP contribution in [0.3, 0.4) is 0 Å². The first-order valence-electron chi connectivity index (χ1n) is 6.30. The highest BCUT2D eigenvalue weighted by Gasteiger charge is 2.04. The summed E-state index contributed by atoms with van der Waals surface area (Å²) in [5, 5.41) is 7.81. The predicted octanol–water partition coefficient (Wildman–Crippen LogP) is 5.22. The van der Waals surface area contributed by atoms with Gasteiger partial charge in [0.2, 0.25) is 5.13 Å². The van der Waals surface area contributed by atoms with Gasteiger partial charge in [-0.15, -0.1) is 17.9 Å². The molecule has 0 aliphatic carbocycles. The molecule has 0 saturated heterocycles. The molecule has 1 aromatic carbocycles. The maximum atomic E-state index is 5.88. The van der Waals surface area contributed by atoms with Gasteiger partial charge in [0, 0.05) is 21.7 Å². The van der Waals surface area contributed by atoms with E-state index in [1.807, 2.05) is 42.6 Å². The summed E-state index contributed by atoms with van der Waals surface area (Å²) in [5.74, 6) is 0. The monoisotopic (exact) mass is 305 g/mol. The maximum Gasteiger partial charge on any atom is 0.203 e. The molecule has 0 saturated carbocycles. The summed E-state index contributed by atoms with van der Waals surface area (Å²) in [7, 11) is 0. The Morgan fingerprint density at radius 1 is 1.45 bits per heavy atom. The van der Waals surface area contributed by atoms with Crippen molar-refractivity contribution in [3.63, 3.8) is 0 Å². The lowest BCUT2D eigenvalue weighted by Gasteiger charge is -1.99. The molecule has 0 amide bonds. The molecule has 0 unspecified atom stereocenters. The third-order valence-electron chi connectivity index (χ3n) is 2.70. The molecule has 0 aliphatic rings. The Balaban J connectivity index is 2.02. The molecular weight excluding hydrogens is 290 g/mol. The third-order valence-corrected chi connectivity index (χ3v) is 3.70. The molecule has 1 N–H and O–H groups in total. The molecule has 5 heteroatoms. The van der Waals surface area contributed by atoms with Crippen LogP contribution in [0.15, 0.2) is 47.4 Å². The lowest BCUT2D eigenvalue weighted by molar-refractivity contribution is 1.08. The number of hydrogen-bond acceptors (Lipinski definition) is 4. The van der Waals surface area contributed by atoms with Crippen molar-refractivity contribution in [2.75, 3.05) is 5.43 Å². The Labute approximate surface area is 128 Å². The highest BCUT2D eigenvalue weighted by atomic mass is 35.5. The quantitative estimate of drug-likeness (QED) is 0.451. The van der Waals surface area contributed by atoms with Gasteiger partial charge in [-0.25, -0.2) is 4.98 Å². The molecule has 1 aromatic heterocycles. The molecule has 2 aromatic rings. The van der Waals surface area contributed by atoms with Gasteiger partial charge in [-0.05, 0) is 31.9 Å². The number of rotatable bonds is 6. The van der Waals surface area contributed by atoms with Crippen molar-refractivity contribution in [3.05, 3.63) is 47.3 Å². The van der Waals surface area contributed by atoms with E-state index >= 15 is 0 Å². The number of aromatic nitrogens is 1. The Morgan fingerprint density at radius 2 is 2.20 bits per heavy atom. The number of anilines is 1. The molecule has 0 atom stereocenters. The average molecular weight is 306 g/mol. The standard InChI is InChI=1S/C15H16ClN3S/c1-3-4-5-11(2)18-19-15-17-14(10-20-15)12-6-8-13(16)9-7-12/h3,6-10H,1,4-5H2,2H3,(H,17,19)/b18-11+. The van der Waals surface area contributed by atoms with E-state index in [4.69, 9.17) is 11.6 Å². The van der Waals surface area contributed by atoms with Crippen LogP contribution in [-0.2, 0) is 0 Å². The van der Waals surface area contributed by atoms with Crippen LogP contribution in [0, 0.1) is 0 Å². The Morgan fingerprint density at radius 3 is 2.90 bits per heavy atom. The Bertz CT molecular complexity index is 602. The van der Waals surface area contributed by atoms with Crippen molar-refractivity contribution in [1.29, 1.82) is 0 Å². The number of halogens is 1. The van der Waals surface area contributed by atoms with Crippen molar-refractivity contribution in [3.8, 4) is 11.3 Å². The minimum atomic E-state index is 0.727. The van der Waals surface area contributed by atoms with E-state index in [0.717, 1.165) is 40.0 Å². The zero-order valence-electron chi connectivity index (χ0n) is 11.3. The number of hydrazone groups is 1. The van der Waals surface area contributed by atoms with Crippen LogP contribution in [0.25, 0.3) is 11.3 Å². The van der Waals surface area contributed by atoms with Crippen LogP contribution >= 0.6 is 22.9 Å². The second-order valence-electron chi connectivity index (χ2n) is 4.33. The van der Waals surface area contributed by atoms with Gasteiger partial charge in [-0.1, -0.05) is 29.8 Å². The van der Waals surface area contributed by atoms with E-state index < -0.39 is 0 Å². The maximum absolute atomic E-state index is 5.88. The second-order valence-corrected chi connectivity index (χ2v) is 5.63.